The van der Waals surface area contributed by atoms with E-state index in [-0.39, 0.29) is 5.92 Å². The second-order valence-corrected chi connectivity index (χ2v) is 4.05. The van der Waals surface area contributed by atoms with Gasteiger partial charge in [0, 0.05) is 13.6 Å². The molecule has 0 aliphatic carbocycles. The number of nitrogen functional groups attached to an aromatic ring is 1. The molecular weight excluding hydrogens is 218 g/mol. The molecule has 0 aliphatic heterocycles. The lowest BCUT2D eigenvalue weighted by atomic mass is 10.1. The van der Waals surface area contributed by atoms with Gasteiger partial charge in [0.2, 0.25) is 0 Å². The number of nitrogens with zero attached hydrogens (tertiary/aromatic N) is 4. The summed E-state index contributed by atoms with van der Waals surface area (Å²) in [6.45, 7) is 2.48. The molecule has 0 saturated carbocycles. The van der Waals surface area contributed by atoms with E-state index in [0.29, 0.717) is 23.3 Å². The van der Waals surface area contributed by atoms with Crippen LogP contribution in [0.3, 0.4) is 0 Å². The molecule has 1 unspecified atom stereocenters. The fourth-order valence-corrected chi connectivity index (χ4v) is 1.73. The van der Waals surface area contributed by atoms with Crippen molar-refractivity contribution in [3.8, 4) is 6.07 Å². The van der Waals surface area contributed by atoms with Crippen LogP contribution in [0.15, 0.2) is 16.8 Å². The van der Waals surface area contributed by atoms with Crippen LogP contribution in [0.1, 0.15) is 6.92 Å². The van der Waals surface area contributed by atoms with Crippen LogP contribution in [0, 0.1) is 17.2 Å². The molecule has 2 aromatic rings. The van der Waals surface area contributed by atoms with Crippen LogP contribution >= 0.6 is 0 Å². The van der Waals surface area contributed by atoms with Gasteiger partial charge in [-0.25, -0.2) is 4.63 Å². The van der Waals surface area contributed by atoms with E-state index in [4.69, 9.17) is 15.6 Å². The van der Waals surface area contributed by atoms with Gasteiger partial charge in [-0.15, -0.1) is 0 Å². The third kappa shape index (κ3) is 1.99. The first-order chi connectivity index (χ1) is 8.13. The summed E-state index contributed by atoms with van der Waals surface area (Å²) in [4.78, 5) is 1.94. The summed E-state index contributed by atoms with van der Waals surface area (Å²) >= 11 is 0. The number of nitriles is 1. The molecule has 88 valence electrons. The molecule has 2 rings (SSSR count). The maximum absolute atomic E-state index is 8.80. The van der Waals surface area contributed by atoms with E-state index in [0.717, 1.165) is 5.69 Å². The number of hydrogen-bond donors (Lipinski definition) is 1. The Kier molecular flexibility index (Phi) is 2.83. The van der Waals surface area contributed by atoms with Crippen LogP contribution in [-0.4, -0.2) is 23.9 Å². The van der Waals surface area contributed by atoms with Crippen molar-refractivity contribution in [2.75, 3.05) is 24.2 Å². The molecule has 0 amide bonds. The van der Waals surface area contributed by atoms with E-state index in [1.165, 1.54) is 0 Å². The summed E-state index contributed by atoms with van der Waals surface area (Å²) in [5.74, 6) is -0.0625. The van der Waals surface area contributed by atoms with Crippen molar-refractivity contribution in [2.45, 2.75) is 6.92 Å². The fourth-order valence-electron chi connectivity index (χ4n) is 1.73. The smallest absolute Gasteiger partial charge is 0.160 e. The second-order valence-electron chi connectivity index (χ2n) is 4.05. The Morgan fingerprint density at radius 3 is 2.88 bits per heavy atom. The molecule has 6 nitrogen and oxygen atoms in total. The van der Waals surface area contributed by atoms with Crippen molar-refractivity contribution in [3.63, 3.8) is 0 Å². The number of rotatable bonds is 3. The van der Waals surface area contributed by atoms with E-state index in [1.807, 2.05) is 24.9 Å². The zero-order chi connectivity index (χ0) is 12.4. The third-order valence-corrected chi connectivity index (χ3v) is 2.60. The van der Waals surface area contributed by atoms with Crippen LogP contribution in [0.25, 0.3) is 11.0 Å². The highest BCUT2D eigenvalue weighted by atomic mass is 16.6. The van der Waals surface area contributed by atoms with Crippen molar-refractivity contribution >= 4 is 22.4 Å². The topological polar surface area (TPSA) is 92.0 Å². The minimum Gasteiger partial charge on any atom is -0.397 e. The molecule has 0 bridgehead atoms. The Morgan fingerprint density at radius 2 is 2.18 bits per heavy atom. The minimum absolute atomic E-state index is 0.0625. The van der Waals surface area contributed by atoms with Crippen molar-refractivity contribution in [2.24, 2.45) is 5.92 Å². The van der Waals surface area contributed by atoms with Crippen LogP contribution in [0.4, 0.5) is 11.4 Å². The van der Waals surface area contributed by atoms with Gasteiger partial charge in [-0.1, -0.05) is 0 Å². The van der Waals surface area contributed by atoms with Gasteiger partial charge < -0.3 is 10.6 Å². The first-order valence-electron chi connectivity index (χ1n) is 5.25. The Morgan fingerprint density at radius 1 is 1.47 bits per heavy atom. The predicted octanol–water partition coefficient (Wildman–Crippen LogP) is 1.40. The number of nitrogens with two attached hydrogens (primary N) is 1. The number of benzene rings is 1. The van der Waals surface area contributed by atoms with Gasteiger partial charge in [-0.3, -0.25) is 0 Å². The quantitative estimate of drug-likeness (QED) is 0.803. The minimum atomic E-state index is -0.0625. The Balaban J connectivity index is 2.39. The fraction of sp³-hybridized carbons (Fsp3) is 0.364. The summed E-state index contributed by atoms with van der Waals surface area (Å²) < 4.78 is 4.70. The zero-order valence-electron chi connectivity index (χ0n) is 9.71. The molecule has 0 saturated heterocycles. The van der Waals surface area contributed by atoms with Gasteiger partial charge >= 0.3 is 0 Å². The summed E-state index contributed by atoms with van der Waals surface area (Å²) in [5.41, 5.74) is 8.33. The summed E-state index contributed by atoms with van der Waals surface area (Å²) in [6, 6.07) is 5.81. The van der Waals surface area contributed by atoms with E-state index >= 15 is 0 Å². The molecule has 2 N–H and O–H groups in total. The van der Waals surface area contributed by atoms with Gasteiger partial charge in [-0.2, -0.15) is 5.26 Å². The molecule has 0 aliphatic rings. The first-order valence-corrected chi connectivity index (χ1v) is 5.25. The third-order valence-electron chi connectivity index (χ3n) is 2.60. The Bertz CT molecular complexity index is 571. The molecule has 17 heavy (non-hydrogen) atoms. The first kappa shape index (κ1) is 11.2. The molecule has 0 fully saturated rings. The van der Waals surface area contributed by atoms with Crippen LogP contribution in [-0.2, 0) is 0 Å². The lowest BCUT2D eigenvalue weighted by Crippen LogP contribution is -2.23. The number of aromatic nitrogens is 2. The zero-order valence-corrected chi connectivity index (χ0v) is 9.71. The van der Waals surface area contributed by atoms with Crippen molar-refractivity contribution in [3.05, 3.63) is 12.1 Å². The highest BCUT2D eigenvalue weighted by molar-refractivity contribution is 5.95. The number of hydrogen-bond acceptors (Lipinski definition) is 6. The Labute approximate surface area is 98.6 Å². The molecule has 1 aromatic carbocycles. The maximum Gasteiger partial charge on any atom is 0.160 e. The van der Waals surface area contributed by atoms with E-state index in [1.54, 1.807) is 6.07 Å². The molecule has 0 spiro atoms. The summed E-state index contributed by atoms with van der Waals surface area (Å²) in [6.07, 6.45) is 0. The van der Waals surface area contributed by atoms with E-state index in [9.17, 15) is 0 Å². The van der Waals surface area contributed by atoms with Crippen LogP contribution in [0.5, 0.6) is 0 Å². The number of fused-ring (bicyclic) bond motifs is 1. The van der Waals surface area contributed by atoms with Crippen molar-refractivity contribution in [1.82, 2.24) is 10.3 Å². The molecule has 0 radical (unpaired) electrons. The lowest BCUT2D eigenvalue weighted by molar-refractivity contribution is 0.315. The SMILES string of the molecule is CC(C#N)CN(C)c1ccc(N)c2nonc12. The molecule has 1 heterocycles. The maximum atomic E-state index is 8.80. The van der Waals surface area contributed by atoms with Crippen LogP contribution < -0.4 is 10.6 Å². The molecule has 1 atom stereocenters. The van der Waals surface area contributed by atoms with Gasteiger partial charge in [0.25, 0.3) is 0 Å². The van der Waals surface area contributed by atoms with Gasteiger partial charge in [0.1, 0.15) is 0 Å². The Hall–Kier alpha value is -2.29. The van der Waals surface area contributed by atoms with E-state index < -0.39 is 0 Å². The normalized spacial score (nSPS) is 12.3. The van der Waals surface area contributed by atoms with Crippen molar-refractivity contribution in [1.29, 1.82) is 5.26 Å². The number of anilines is 2. The highest BCUT2D eigenvalue weighted by Gasteiger charge is 2.14. The molecule has 6 heteroatoms. The average molecular weight is 231 g/mol. The monoisotopic (exact) mass is 231 g/mol. The van der Waals surface area contributed by atoms with E-state index in [2.05, 4.69) is 16.4 Å². The lowest BCUT2D eigenvalue weighted by Gasteiger charge is -2.20. The average Bonchev–Trinajstić information content (AvgIpc) is 2.79. The second kappa shape index (κ2) is 4.29. The van der Waals surface area contributed by atoms with Gasteiger partial charge in [-0.05, 0) is 29.4 Å². The molecule has 1 aromatic heterocycles. The van der Waals surface area contributed by atoms with Crippen molar-refractivity contribution < 1.29 is 4.63 Å². The highest BCUT2D eigenvalue weighted by Crippen LogP contribution is 2.27. The largest absolute Gasteiger partial charge is 0.397 e. The van der Waals surface area contributed by atoms with Crippen LogP contribution in [0.2, 0.25) is 0 Å². The van der Waals surface area contributed by atoms with Gasteiger partial charge in [0.05, 0.1) is 23.4 Å². The van der Waals surface area contributed by atoms with Gasteiger partial charge in [0.15, 0.2) is 11.0 Å². The summed E-state index contributed by atoms with van der Waals surface area (Å²) in [7, 11) is 1.90. The standard InChI is InChI=1S/C11H13N5O/c1-7(5-12)6-16(2)9-4-3-8(13)10-11(9)15-17-14-10/h3-4,7H,6,13H2,1-2H3. The summed E-state index contributed by atoms with van der Waals surface area (Å²) in [5, 5.41) is 16.4. The molecular formula is C11H13N5O. The predicted molar refractivity (Wildman–Crippen MR) is 64.3 cm³/mol.